The molecule has 11 heteroatoms. The van der Waals surface area contributed by atoms with E-state index in [0.717, 1.165) is 12.1 Å². The van der Waals surface area contributed by atoms with Crippen molar-refractivity contribution < 1.29 is 45.8 Å². The standard InChI is InChI=1S/C26H23F6NO4/c1-2-37-23-10-16(6-8-22(23)35)15-3-4-17(21(27)9-15)11-24(36)33-19-7-5-18(13-25(28,29)14-34)20(12-19)26(30,31)32/h3-7,9-10,12,34H,2,8,11,13-14H2,1H3,(H,33,36). The third kappa shape index (κ3) is 7.22. The molecule has 0 radical (unpaired) electrons. The Morgan fingerprint density at radius 3 is 2.41 bits per heavy atom. The molecule has 2 aromatic rings. The number of alkyl halides is 5. The van der Waals surface area contributed by atoms with Gasteiger partial charge < -0.3 is 15.2 Å². The highest BCUT2D eigenvalue weighted by atomic mass is 19.4. The predicted molar refractivity (Wildman–Crippen MR) is 123 cm³/mol. The lowest BCUT2D eigenvalue weighted by atomic mass is 9.96. The zero-order valence-electron chi connectivity index (χ0n) is 19.6. The number of Topliss-reactive ketones (excluding diaryl/α,β-unsaturated/α-hetero) is 1. The molecule has 2 aromatic carbocycles. The van der Waals surface area contributed by atoms with Crippen LogP contribution in [0.1, 0.15) is 35.6 Å². The lowest BCUT2D eigenvalue weighted by Gasteiger charge is -2.19. The van der Waals surface area contributed by atoms with Gasteiger partial charge in [0.1, 0.15) is 12.4 Å². The smallest absolute Gasteiger partial charge is 0.416 e. The van der Waals surface area contributed by atoms with E-state index in [0.29, 0.717) is 17.2 Å². The molecular weight excluding hydrogens is 504 g/mol. The first-order chi connectivity index (χ1) is 17.3. The van der Waals surface area contributed by atoms with E-state index in [4.69, 9.17) is 9.84 Å². The van der Waals surface area contributed by atoms with E-state index < -0.39 is 54.4 Å². The Labute approximate surface area is 208 Å². The van der Waals surface area contributed by atoms with Gasteiger partial charge in [-0.15, -0.1) is 0 Å². The fourth-order valence-electron chi connectivity index (χ4n) is 3.72. The van der Waals surface area contributed by atoms with Crippen LogP contribution in [-0.2, 0) is 33.3 Å². The number of carbonyl (C=O) groups is 2. The van der Waals surface area contributed by atoms with Crippen molar-refractivity contribution in [3.8, 4) is 0 Å². The number of allylic oxidation sites excluding steroid dienone is 4. The first kappa shape index (κ1) is 28.0. The third-order valence-corrected chi connectivity index (χ3v) is 5.49. The number of nitrogens with one attached hydrogen (secondary N) is 1. The molecule has 0 aliphatic heterocycles. The van der Waals surface area contributed by atoms with Crippen LogP contribution in [0.4, 0.5) is 32.0 Å². The molecule has 1 aliphatic rings. The van der Waals surface area contributed by atoms with Gasteiger partial charge in [0.05, 0.1) is 18.6 Å². The zero-order chi connectivity index (χ0) is 27.4. The Kier molecular flexibility index (Phi) is 8.47. The molecule has 3 rings (SSSR count). The first-order valence-electron chi connectivity index (χ1n) is 11.2. The van der Waals surface area contributed by atoms with Crippen molar-refractivity contribution >= 4 is 23.0 Å². The molecule has 0 unspecified atom stereocenters. The Bertz CT molecular complexity index is 1250. The Morgan fingerprint density at radius 1 is 1.08 bits per heavy atom. The number of ether oxygens (including phenoxy) is 1. The monoisotopic (exact) mass is 527 g/mol. The number of benzene rings is 2. The van der Waals surface area contributed by atoms with Crippen molar-refractivity contribution in [3.05, 3.63) is 82.4 Å². The quantitative estimate of drug-likeness (QED) is 0.424. The minimum Gasteiger partial charge on any atom is -0.490 e. The van der Waals surface area contributed by atoms with Crippen molar-refractivity contribution in [2.24, 2.45) is 0 Å². The second-order valence-corrected chi connectivity index (χ2v) is 8.32. The Balaban J connectivity index is 1.75. The molecule has 0 saturated heterocycles. The summed E-state index contributed by atoms with van der Waals surface area (Å²) in [4.78, 5) is 24.3. The molecule has 0 bridgehead atoms. The van der Waals surface area contributed by atoms with E-state index in [2.05, 4.69) is 5.32 Å². The van der Waals surface area contributed by atoms with E-state index in [1.807, 2.05) is 0 Å². The van der Waals surface area contributed by atoms with Crippen LogP contribution in [0.3, 0.4) is 0 Å². The van der Waals surface area contributed by atoms with Gasteiger partial charge in [0, 0.05) is 18.5 Å². The second-order valence-electron chi connectivity index (χ2n) is 8.32. The van der Waals surface area contributed by atoms with E-state index in [1.54, 1.807) is 13.0 Å². The molecule has 0 saturated carbocycles. The first-order valence-corrected chi connectivity index (χ1v) is 11.2. The number of rotatable bonds is 9. The van der Waals surface area contributed by atoms with Gasteiger partial charge in [-0.1, -0.05) is 24.3 Å². The highest BCUT2D eigenvalue weighted by Crippen LogP contribution is 2.36. The topological polar surface area (TPSA) is 75.6 Å². The summed E-state index contributed by atoms with van der Waals surface area (Å²) in [6.45, 7) is 0.391. The number of aliphatic hydroxyl groups excluding tert-OH is 1. The van der Waals surface area contributed by atoms with Gasteiger partial charge >= 0.3 is 6.18 Å². The number of anilines is 1. The molecule has 0 spiro atoms. The van der Waals surface area contributed by atoms with Crippen molar-refractivity contribution in [1.29, 1.82) is 0 Å². The van der Waals surface area contributed by atoms with Crippen molar-refractivity contribution in [1.82, 2.24) is 0 Å². The summed E-state index contributed by atoms with van der Waals surface area (Å²) in [5.41, 5.74) is -1.46. The van der Waals surface area contributed by atoms with Gasteiger partial charge in [0.15, 0.2) is 5.76 Å². The number of ketones is 1. The third-order valence-electron chi connectivity index (χ3n) is 5.49. The maximum absolute atomic E-state index is 14.7. The molecule has 1 aliphatic carbocycles. The Morgan fingerprint density at radius 2 is 1.78 bits per heavy atom. The maximum Gasteiger partial charge on any atom is 0.416 e. The highest BCUT2D eigenvalue weighted by molar-refractivity contribution is 6.01. The summed E-state index contributed by atoms with van der Waals surface area (Å²) >= 11 is 0. The van der Waals surface area contributed by atoms with Crippen molar-refractivity contribution in [2.45, 2.75) is 38.3 Å². The molecular formula is C26H23F6NO4. The van der Waals surface area contributed by atoms with Gasteiger partial charge in [0.2, 0.25) is 11.7 Å². The van der Waals surface area contributed by atoms with Gasteiger partial charge in [-0.2, -0.15) is 13.2 Å². The molecule has 0 aromatic heterocycles. The molecule has 0 fully saturated rings. The van der Waals surface area contributed by atoms with Crippen molar-refractivity contribution in [2.75, 3.05) is 18.5 Å². The summed E-state index contributed by atoms with van der Waals surface area (Å²) in [7, 11) is 0. The van der Waals surface area contributed by atoms with Crippen LogP contribution < -0.4 is 5.32 Å². The van der Waals surface area contributed by atoms with Gasteiger partial charge in [-0.3, -0.25) is 9.59 Å². The average molecular weight is 527 g/mol. The minimum atomic E-state index is -4.99. The largest absolute Gasteiger partial charge is 0.490 e. The normalized spacial score (nSPS) is 14.2. The van der Waals surface area contributed by atoms with Gasteiger partial charge in [-0.05, 0) is 53.5 Å². The summed E-state index contributed by atoms with van der Waals surface area (Å²) in [5, 5.41) is 10.9. The van der Waals surface area contributed by atoms with Crippen LogP contribution in [0.2, 0.25) is 0 Å². The average Bonchev–Trinajstić information content (AvgIpc) is 2.82. The number of halogens is 6. The van der Waals surface area contributed by atoms with E-state index in [9.17, 15) is 35.9 Å². The summed E-state index contributed by atoms with van der Waals surface area (Å²) < 4.78 is 87.2. The molecule has 0 atom stereocenters. The molecule has 37 heavy (non-hydrogen) atoms. The molecule has 2 N–H and O–H groups in total. The lowest BCUT2D eigenvalue weighted by Crippen LogP contribution is -2.26. The maximum atomic E-state index is 14.7. The fraction of sp³-hybridized carbons (Fsp3) is 0.308. The van der Waals surface area contributed by atoms with Crippen LogP contribution in [-0.4, -0.2) is 35.9 Å². The minimum absolute atomic E-state index is 0.0296. The van der Waals surface area contributed by atoms with Crippen LogP contribution in [0, 0.1) is 5.82 Å². The number of hydrogen-bond acceptors (Lipinski definition) is 4. The molecule has 198 valence electrons. The zero-order valence-corrected chi connectivity index (χ0v) is 19.6. The van der Waals surface area contributed by atoms with E-state index >= 15 is 0 Å². The molecule has 5 nitrogen and oxygen atoms in total. The number of carbonyl (C=O) groups excluding carboxylic acids is 2. The number of aliphatic hydroxyl groups is 1. The summed E-state index contributed by atoms with van der Waals surface area (Å²) in [6, 6.07) is 6.38. The molecule has 1 amide bonds. The second kappa shape index (κ2) is 11.2. The van der Waals surface area contributed by atoms with Gasteiger partial charge in [0.25, 0.3) is 5.92 Å². The SMILES string of the molecule is CCOC1=CC(c2ccc(CC(=O)Nc3ccc(CC(F)(F)CO)c(C(F)(F)F)c3)c(F)c2)=CCC1=O. The van der Waals surface area contributed by atoms with Crippen LogP contribution in [0.25, 0.3) is 5.57 Å². The number of amides is 1. The summed E-state index contributed by atoms with van der Waals surface area (Å²) in [5.74, 6) is -5.36. The summed E-state index contributed by atoms with van der Waals surface area (Å²) in [6.07, 6.45) is -3.63. The fourth-order valence-corrected chi connectivity index (χ4v) is 3.72. The predicted octanol–water partition coefficient (Wildman–Crippen LogP) is 5.47. The van der Waals surface area contributed by atoms with E-state index in [-0.39, 0.29) is 35.8 Å². The highest BCUT2D eigenvalue weighted by Gasteiger charge is 2.37. The van der Waals surface area contributed by atoms with Gasteiger partial charge in [-0.25, -0.2) is 13.2 Å². The van der Waals surface area contributed by atoms with Crippen LogP contribution >= 0.6 is 0 Å². The van der Waals surface area contributed by atoms with Crippen molar-refractivity contribution in [3.63, 3.8) is 0 Å². The van der Waals surface area contributed by atoms with E-state index in [1.165, 1.54) is 24.3 Å². The Hall–Kier alpha value is -3.60. The molecule has 0 heterocycles. The lowest BCUT2D eigenvalue weighted by molar-refractivity contribution is -0.139. The van der Waals surface area contributed by atoms with Crippen LogP contribution in [0.15, 0.2) is 54.3 Å². The number of hydrogen-bond donors (Lipinski definition) is 2. The van der Waals surface area contributed by atoms with Crippen LogP contribution in [0.5, 0.6) is 0 Å².